The number of carbonyl (C=O) groups excluding carboxylic acids is 1. The number of rotatable bonds is 5. The molecule has 1 fully saturated rings. The maximum Gasteiger partial charge on any atom is 0.248 e. The highest BCUT2D eigenvalue weighted by molar-refractivity contribution is 5.78. The van der Waals surface area contributed by atoms with Crippen LogP contribution in [0.4, 0.5) is 0 Å². The first-order valence-corrected chi connectivity index (χ1v) is 5.80. The molecule has 0 heterocycles. The molecule has 1 rings (SSSR count). The van der Waals surface area contributed by atoms with Gasteiger partial charge >= 0.3 is 0 Å². The van der Waals surface area contributed by atoms with Crippen LogP contribution in [0.15, 0.2) is 0 Å². The molecule has 0 aromatic rings. The molecule has 1 aliphatic carbocycles. The minimum absolute atomic E-state index is 0.0839. The number of hydroxylamine groups is 1. The van der Waals surface area contributed by atoms with Crippen LogP contribution in [0.25, 0.3) is 0 Å². The van der Waals surface area contributed by atoms with Gasteiger partial charge in [-0.2, -0.15) is 0 Å². The fourth-order valence-corrected chi connectivity index (χ4v) is 1.91. The normalized spacial score (nSPS) is 19.5. The van der Waals surface area contributed by atoms with E-state index in [1.165, 1.54) is 12.8 Å². The molecule has 0 aliphatic heterocycles. The van der Waals surface area contributed by atoms with E-state index in [0.717, 1.165) is 12.8 Å². The molecule has 1 amide bonds. The van der Waals surface area contributed by atoms with Crippen molar-refractivity contribution in [3.63, 3.8) is 0 Å². The zero-order chi connectivity index (χ0) is 11.3. The standard InChI is InChI=1S/C11H22N2O2/c1-8(2)10(7-12)11(14)13-15-9-5-3-4-6-9/h8-10H,3-7,12H2,1-2H3,(H,13,14). The van der Waals surface area contributed by atoms with Gasteiger partial charge in [0.1, 0.15) is 0 Å². The molecule has 88 valence electrons. The largest absolute Gasteiger partial charge is 0.330 e. The predicted molar refractivity (Wildman–Crippen MR) is 58.9 cm³/mol. The minimum Gasteiger partial charge on any atom is -0.330 e. The minimum atomic E-state index is -0.147. The molecule has 0 radical (unpaired) electrons. The van der Waals surface area contributed by atoms with Crippen molar-refractivity contribution in [1.82, 2.24) is 5.48 Å². The van der Waals surface area contributed by atoms with E-state index >= 15 is 0 Å². The van der Waals surface area contributed by atoms with Gasteiger partial charge in [0.05, 0.1) is 12.0 Å². The van der Waals surface area contributed by atoms with Crippen molar-refractivity contribution in [2.45, 2.75) is 45.6 Å². The van der Waals surface area contributed by atoms with Gasteiger partial charge in [0.2, 0.25) is 5.91 Å². The lowest BCUT2D eigenvalue weighted by Gasteiger charge is -2.19. The second-order valence-corrected chi connectivity index (χ2v) is 4.58. The van der Waals surface area contributed by atoms with E-state index in [4.69, 9.17) is 10.6 Å². The van der Waals surface area contributed by atoms with Crippen molar-refractivity contribution in [3.05, 3.63) is 0 Å². The topological polar surface area (TPSA) is 64.4 Å². The Morgan fingerprint density at radius 2 is 2.07 bits per heavy atom. The van der Waals surface area contributed by atoms with E-state index in [-0.39, 0.29) is 23.8 Å². The average Bonchev–Trinajstić information content (AvgIpc) is 2.67. The Balaban J connectivity index is 2.27. The van der Waals surface area contributed by atoms with Crippen molar-refractivity contribution in [3.8, 4) is 0 Å². The van der Waals surface area contributed by atoms with Gasteiger partial charge in [-0.1, -0.05) is 26.7 Å². The zero-order valence-electron chi connectivity index (χ0n) is 9.66. The van der Waals surface area contributed by atoms with Gasteiger partial charge in [-0.3, -0.25) is 9.63 Å². The number of nitrogens with two attached hydrogens (primary N) is 1. The molecule has 3 N–H and O–H groups in total. The van der Waals surface area contributed by atoms with Crippen LogP contribution in [0.5, 0.6) is 0 Å². The van der Waals surface area contributed by atoms with E-state index in [2.05, 4.69) is 5.48 Å². The van der Waals surface area contributed by atoms with Crippen LogP contribution in [0, 0.1) is 11.8 Å². The quantitative estimate of drug-likeness (QED) is 0.676. The molecule has 0 spiro atoms. The van der Waals surface area contributed by atoms with Crippen molar-refractivity contribution >= 4 is 5.91 Å². The van der Waals surface area contributed by atoms with Crippen LogP contribution in [-0.2, 0) is 9.63 Å². The van der Waals surface area contributed by atoms with Gasteiger partial charge in [0.15, 0.2) is 0 Å². The number of hydrogen-bond acceptors (Lipinski definition) is 3. The van der Waals surface area contributed by atoms with Crippen LogP contribution in [-0.4, -0.2) is 18.6 Å². The van der Waals surface area contributed by atoms with E-state index in [9.17, 15) is 4.79 Å². The highest BCUT2D eigenvalue weighted by atomic mass is 16.7. The molecule has 1 saturated carbocycles. The molecule has 0 bridgehead atoms. The summed E-state index contributed by atoms with van der Waals surface area (Å²) >= 11 is 0. The second-order valence-electron chi connectivity index (χ2n) is 4.58. The fraction of sp³-hybridized carbons (Fsp3) is 0.909. The molecular formula is C11H22N2O2. The fourth-order valence-electron chi connectivity index (χ4n) is 1.91. The summed E-state index contributed by atoms with van der Waals surface area (Å²) in [5.41, 5.74) is 8.08. The lowest BCUT2D eigenvalue weighted by atomic mass is 9.95. The van der Waals surface area contributed by atoms with Gasteiger partial charge in [-0.25, -0.2) is 5.48 Å². The summed E-state index contributed by atoms with van der Waals surface area (Å²) in [4.78, 5) is 17.0. The molecule has 15 heavy (non-hydrogen) atoms. The van der Waals surface area contributed by atoms with E-state index in [1.807, 2.05) is 13.8 Å². The Morgan fingerprint density at radius 1 is 1.47 bits per heavy atom. The molecule has 4 nitrogen and oxygen atoms in total. The molecule has 0 aromatic heterocycles. The lowest BCUT2D eigenvalue weighted by molar-refractivity contribution is -0.143. The molecular weight excluding hydrogens is 192 g/mol. The second kappa shape index (κ2) is 6.08. The first-order valence-electron chi connectivity index (χ1n) is 5.80. The number of hydrogen-bond donors (Lipinski definition) is 2. The Kier molecular flexibility index (Phi) is 5.05. The zero-order valence-corrected chi connectivity index (χ0v) is 9.66. The third-order valence-corrected chi connectivity index (χ3v) is 3.02. The van der Waals surface area contributed by atoms with Gasteiger partial charge in [-0.15, -0.1) is 0 Å². The Morgan fingerprint density at radius 3 is 2.53 bits per heavy atom. The van der Waals surface area contributed by atoms with E-state index in [0.29, 0.717) is 6.54 Å². The van der Waals surface area contributed by atoms with E-state index < -0.39 is 0 Å². The maximum absolute atomic E-state index is 11.7. The first kappa shape index (κ1) is 12.5. The Bertz CT molecular complexity index is 201. The molecule has 4 heteroatoms. The SMILES string of the molecule is CC(C)C(CN)C(=O)NOC1CCCC1. The summed E-state index contributed by atoms with van der Waals surface area (Å²) in [7, 11) is 0. The molecule has 1 aliphatic rings. The summed E-state index contributed by atoms with van der Waals surface area (Å²) in [6, 6.07) is 0. The summed E-state index contributed by atoms with van der Waals surface area (Å²) < 4.78 is 0. The van der Waals surface area contributed by atoms with Crippen molar-refractivity contribution in [1.29, 1.82) is 0 Å². The Labute approximate surface area is 91.5 Å². The van der Waals surface area contributed by atoms with Crippen LogP contribution in [0.1, 0.15) is 39.5 Å². The van der Waals surface area contributed by atoms with Crippen molar-refractivity contribution in [2.75, 3.05) is 6.54 Å². The van der Waals surface area contributed by atoms with Crippen LogP contribution >= 0.6 is 0 Å². The van der Waals surface area contributed by atoms with E-state index in [1.54, 1.807) is 0 Å². The van der Waals surface area contributed by atoms with Gasteiger partial charge in [0, 0.05) is 6.54 Å². The summed E-state index contributed by atoms with van der Waals surface area (Å²) in [6.07, 6.45) is 4.71. The van der Waals surface area contributed by atoms with Crippen molar-refractivity contribution < 1.29 is 9.63 Å². The summed E-state index contributed by atoms with van der Waals surface area (Å²) in [5, 5.41) is 0. The molecule has 0 aromatic carbocycles. The number of amides is 1. The lowest BCUT2D eigenvalue weighted by Crippen LogP contribution is -2.39. The maximum atomic E-state index is 11.7. The van der Waals surface area contributed by atoms with Gasteiger partial charge in [0.25, 0.3) is 0 Å². The first-order chi connectivity index (χ1) is 7.15. The van der Waals surface area contributed by atoms with Gasteiger partial charge in [-0.05, 0) is 18.8 Å². The van der Waals surface area contributed by atoms with Crippen LogP contribution in [0.3, 0.4) is 0 Å². The third kappa shape index (κ3) is 3.80. The van der Waals surface area contributed by atoms with Crippen LogP contribution < -0.4 is 11.2 Å². The molecule has 1 unspecified atom stereocenters. The Hall–Kier alpha value is -0.610. The van der Waals surface area contributed by atoms with Crippen LogP contribution in [0.2, 0.25) is 0 Å². The molecule has 0 saturated heterocycles. The van der Waals surface area contributed by atoms with Gasteiger partial charge < -0.3 is 5.73 Å². The third-order valence-electron chi connectivity index (χ3n) is 3.02. The smallest absolute Gasteiger partial charge is 0.248 e. The summed E-state index contributed by atoms with van der Waals surface area (Å²) in [6.45, 7) is 4.36. The molecule has 1 atom stereocenters. The summed E-state index contributed by atoms with van der Waals surface area (Å²) in [5.74, 6) is 0.0213. The monoisotopic (exact) mass is 214 g/mol. The highest BCUT2D eigenvalue weighted by Gasteiger charge is 2.22. The number of carbonyl (C=O) groups is 1. The average molecular weight is 214 g/mol. The predicted octanol–water partition coefficient (Wildman–Crippen LogP) is 1.21. The van der Waals surface area contributed by atoms with Crippen molar-refractivity contribution in [2.24, 2.45) is 17.6 Å². The number of nitrogens with one attached hydrogen (secondary N) is 1. The highest BCUT2D eigenvalue weighted by Crippen LogP contribution is 2.20.